The summed E-state index contributed by atoms with van der Waals surface area (Å²) >= 11 is 0. The van der Waals surface area contributed by atoms with Gasteiger partial charge in [0.05, 0.1) is 5.75 Å². The first-order chi connectivity index (χ1) is 16.2. The van der Waals surface area contributed by atoms with Gasteiger partial charge in [0.25, 0.3) is 0 Å². The van der Waals surface area contributed by atoms with Crippen LogP contribution in [0, 0.1) is 5.92 Å². The van der Waals surface area contributed by atoms with Gasteiger partial charge in [-0.3, -0.25) is 14.0 Å². The third-order valence-electron chi connectivity index (χ3n) is 6.92. The number of hydrogen-bond acceptors (Lipinski definition) is 5. The Bertz CT molecular complexity index is 920. The highest BCUT2D eigenvalue weighted by molar-refractivity contribution is 7.89. The van der Waals surface area contributed by atoms with Crippen LogP contribution in [0.15, 0.2) is 36.5 Å². The summed E-state index contributed by atoms with van der Waals surface area (Å²) in [5.41, 5.74) is 2.59. The van der Waals surface area contributed by atoms with Gasteiger partial charge in [0, 0.05) is 56.7 Å². The number of allylic oxidation sites excluding steroid dienone is 1. The molecule has 0 radical (unpaired) electrons. The molecule has 1 aromatic rings. The molecule has 1 amide bonds. The highest BCUT2D eigenvalue weighted by Gasteiger charge is 2.27. The van der Waals surface area contributed by atoms with E-state index in [1.807, 2.05) is 18.2 Å². The van der Waals surface area contributed by atoms with Crippen molar-refractivity contribution in [2.45, 2.75) is 58.8 Å². The SMILES string of the molecule is C=C(C)N(CCCCN1CCN(c2cccc(NC(C)=O)c2)CC1)S(=O)(=O)CC1CCCCC1. The number of carbonyl (C=O) groups excluding carboxylic acids is 1. The number of anilines is 2. The lowest BCUT2D eigenvalue weighted by molar-refractivity contribution is -0.114. The Morgan fingerprint density at radius 1 is 1.09 bits per heavy atom. The van der Waals surface area contributed by atoms with Crippen LogP contribution in [0.3, 0.4) is 0 Å². The molecule has 34 heavy (non-hydrogen) atoms. The normalized spacial score (nSPS) is 18.0. The molecule has 0 atom stereocenters. The lowest BCUT2D eigenvalue weighted by Gasteiger charge is -2.36. The Kier molecular flexibility index (Phi) is 9.83. The van der Waals surface area contributed by atoms with Crippen LogP contribution in [0.2, 0.25) is 0 Å². The number of piperazine rings is 1. The quantitative estimate of drug-likeness (QED) is 0.469. The minimum Gasteiger partial charge on any atom is -0.369 e. The number of rotatable bonds is 11. The van der Waals surface area contributed by atoms with Gasteiger partial charge in [-0.15, -0.1) is 0 Å². The van der Waals surface area contributed by atoms with E-state index in [0.29, 0.717) is 18.2 Å². The first-order valence-electron chi connectivity index (χ1n) is 12.8. The molecule has 1 saturated carbocycles. The summed E-state index contributed by atoms with van der Waals surface area (Å²) in [6.45, 7) is 12.6. The largest absolute Gasteiger partial charge is 0.369 e. The molecule has 0 bridgehead atoms. The van der Waals surface area contributed by atoms with E-state index in [1.165, 1.54) is 13.3 Å². The zero-order valence-corrected chi connectivity index (χ0v) is 21.8. The van der Waals surface area contributed by atoms with Crippen LogP contribution in [-0.2, 0) is 14.8 Å². The Labute approximate surface area is 206 Å². The molecule has 1 aromatic carbocycles. The molecule has 1 aliphatic heterocycles. The van der Waals surface area contributed by atoms with E-state index in [0.717, 1.165) is 82.6 Å². The van der Waals surface area contributed by atoms with E-state index in [2.05, 4.69) is 27.8 Å². The van der Waals surface area contributed by atoms with E-state index in [4.69, 9.17) is 0 Å². The predicted octanol–water partition coefficient (Wildman–Crippen LogP) is 4.29. The van der Waals surface area contributed by atoms with Crippen molar-refractivity contribution in [3.05, 3.63) is 36.5 Å². The maximum atomic E-state index is 13.0. The molecule has 7 nitrogen and oxygen atoms in total. The van der Waals surface area contributed by atoms with Crippen molar-refractivity contribution in [1.29, 1.82) is 0 Å². The van der Waals surface area contributed by atoms with Gasteiger partial charge in [0.1, 0.15) is 0 Å². The maximum Gasteiger partial charge on any atom is 0.235 e. The second kappa shape index (κ2) is 12.6. The second-order valence-electron chi connectivity index (χ2n) is 9.86. The number of benzene rings is 1. The molecule has 8 heteroatoms. The molecule has 1 N–H and O–H groups in total. The molecule has 1 heterocycles. The molecule has 1 aliphatic carbocycles. The second-order valence-corrected chi connectivity index (χ2v) is 11.8. The number of amides is 1. The van der Waals surface area contributed by atoms with E-state index in [1.54, 1.807) is 11.2 Å². The number of nitrogens with zero attached hydrogens (tertiary/aromatic N) is 3. The first-order valence-corrected chi connectivity index (χ1v) is 14.4. The number of nitrogens with one attached hydrogen (secondary N) is 1. The van der Waals surface area contributed by atoms with Crippen molar-refractivity contribution in [3.63, 3.8) is 0 Å². The molecule has 0 unspecified atom stereocenters. The summed E-state index contributed by atoms with van der Waals surface area (Å²) < 4.78 is 27.6. The third-order valence-corrected chi connectivity index (χ3v) is 8.98. The van der Waals surface area contributed by atoms with Crippen molar-refractivity contribution < 1.29 is 13.2 Å². The molecular formula is C26H42N4O3S. The monoisotopic (exact) mass is 490 g/mol. The zero-order valence-electron chi connectivity index (χ0n) is 21.0. The van der Waals surface area contributed by atoms with Crippen LogP contribution in [0.1, 0.15) is 58.8 Å². The van der Waals surface area contributed by atoms with Crippen LogP contribution in [0.25, 0.3) is 0 Å². The summed E-state index contributed by atoms with van der Waals surface area (Å²) in [6.07, 6.45) is 7.43. The molecule has 0 aromatic heterocycles. The lowest BCUT2D eigenvalue weighted by Crippen LogP contribution is -2.46. The van der Waals surface area contributed by atoms with E-state index < -0.39 is 10.0 Å². The number of sulfonamides is 1. The molecule has 2 fully saturated rings. The van der Waals surface area contributed by atoms with Crippen LogP contribution in [0.5, 0.6) is 0 Å². The Morgan fingerprint density at radius 3 is 2.44 bits per heavy atom. The maximum absolute atomic E-state index is 13.0. The van der Waals surface area contributed by atoms with Crippen molar-refractivity contribution in [2.24, 2.45) is 5.92 Å². The summed E-state index contributed by atoms with van der Waals surface area (Å²) in [4.78, 5) is 16.1. The summed E-state index contributed by atoms with van der Waals surface area (Å²) in [5.74, 6) is 0.509. The van der Waals surface area contributed by atoms with Crippen LogP contribution >= 0.6 is 0 Å². The summed E-state index contributed by atoms with van der Waals surface area (Å²) in [5, 5.41) is 2.85. The molecule has 3 rings (SSSR count). The minimum absolute atomic E-state index is 0.0611. The summed E-state index contributed by atoms with van der Waals surface area (Å²) in [6, 6.07) is 7.99. The van der Waals surface area contributed by atoms with Crippen molar-refractivity contribution >= 4 is 27.3 Å². The van der Waals surface area contributed by atoms with Gasteiger partial charge in [-0.2, -0.15) is 0 Å². The average Bonchev–Trinajstić information content (AvgIpc) is 2.79. The zero-order chi connectivity index (χ0) is 24.6. The first kappa shape index (κ1) is 26.5. The van der Waals surface area contributed by atoms with Crippen molar-refractivity contribution in [3.8, 4) is 0 Å². The fraction of sp³-hybridized carbons (Fsp3) is 0.654. The predicted molar refractivity (Wildman–Crippen MR) is 141 cm³/mol. The smallest absolute Gasteiger partial charge is 0.235 e. The van der Waals surface area contributed by atoms with Crippen LogP contribution < -0.4 is 10.2 Å². The fourth-order valence-electron chi connectivity index (χ4n) is 5.11. The van der Waals surface area contributed by atoms with Gasteiger partial charge in [-0.05, 0) is 63.3 Å². The standard InChI is InChI=1S/C26H42N4O3S/c1-22(2)30(34(32,33)21-24-10-5-4-6-11-24)15-8-7-14-28-16-18-29(19-17-28)26-13-9-12-25(20-26)27-23(3)31/h9,12-13,20,24H,1,4-8,10-11,14-19,21H2,2-3H3,(H,27,31). The Balaban J connectivity index is 1.40. The molecule has 190 valence electrons. The van der Waals surface area contributed by atoms with E-state index in [9.17, 15) is 13.2 Å². The number of carbonyl (C=O) groups is 1. The lowest BCUT2D eigenvalue weighted by atomic mass is 9.91. The van der Waals surface area contributed by atoms with Crippen molar-refractivity contribution in [1.82, 2.24) is 9.21 Å². The number of hydrogen-bond donors (Lipinski definition) is 1. The summed E-state index contributed by atoms with van der Waals surface area (Å²) in [7, 11) is -3.29. The van der Waals surface area contributed by atoms with Gasteiger partial charge >= 0.3 is 0 Å². The number of unbranched alkanes of at least 4 members (excludes halogenated alkanes) is 1. The van der Waals surface area contributed by atoms with Crippen molar-refractivity contribution in [2.75, 3.05) is 55.2 Å². The van der Waals surface area contributed by atoms with Gasteiger partial charge < -0.3 is 10.2 Å². The van der Waals surface area contributed by atoms with E-state index >= 15 is 0 Å². The molecule has 2 aliphatic rings. The van der Waals surface area contributed by atoms with Gasteiger partial charge in [-0.25, -0.2) is 8.42 Å². The van der Waals surface area contributed by atoms with Crippen LogP contribution in [0.4, 0.5) is 11.4 Å². The highest BCUT2D eigenvalue weighted by Crippen LogP contribution is 2.27. The van der Waals surface area contributed by atoms with Crippen LogP contribution in [-0.4, -0.2) is 68.6 Å². The minimum atomic E-state index is -3.29. The average molecular weight is 491 g/mol. The van der Waals surface area contributed by atoms with Gasteiger partial charge in [0.15, 0.2) is 0 Å². The highest BCUT2D eigenvalue weighted by atomic mass is 32.2. The topological polar surface area (TPSA) is 73.0 Å². The molecular weight excluding hydrogens is 448 g/mol. The van der Waals surface area contributed by atoms with E-state index in [-0.39, 0.29) is 11.7 Å². The molecule has 1 saturated heterocycles. The van der Waals surface area contributed by atoms with Gasteiger partial charge in [0.2, 0.25) is 15.9 Å². The Morgan fingerprint density at radius 2 is 1.79 bits per heavy atom. The third kappa shape index (κ3) is 8.01. The Hall–Kier alpha value is -2.06. The molecule has 0 spiro atoms. The van der Waals surface area contributed by atoms with Gasteiger partial charge in [-0.1, -0.05) is 31.9 Å². The fourth-order valence-corrected chi connectivity index (χ4v) is 7.10.